The largest absolute Gasteiger partial charge is 0.326 e. The Morgan fingerprint density at radius 2 is 1.74 bits per heavy atom. The molecule has 1 aromatic heterocycles. The van der Waals surface area contributed by atoms with Crippen molar-refractivity contribution in [2.75, 3.05) is 10.2 Å². The number of rotatable bonds is 4. The molecular formula is C18H15FN2OS. The summed E-state index contributed by atoms with van der Waals surface area (Å²) in [7, 11) is 0. The summed E-state index contributed by atoms with van der Waals surface area (Å²) < 4.78 is 13.2. The standard InChI is InChI=1S/C18H15FN2OS/c19-14-8-10-16(11-9-14)21(13-17-7-4-12-23-17)18(22)20-15-5-2-1-3-6-15/h1-12H,13H2,(H,20,22). The number of hydrogen-bond donors (Lipinski definition) is 1. The molecule has 0 saturated heterocycles. The number of nitrogens with one attached hydrogen (secondary N) is 1. The van der Waals surface area contributed by atoms with Gasteiger partial charge in [-0.25, -0.2) is 9.18 Å². The summed E-state index contributed by atoms with van der Waals surface area (Å²) in [6, 6.07) is 18.8. The van der Waals surface area contributed by atoms with Crippen molar-refractivity contribution in [2.24, 2.45) is 0 Å². The number of nitrogens with zero attached hydrogens (tertiary/aromatic N) is 1. The molecule has 0 aliphatic heterocycles. The number of benzene rings is 2. The van der Waals surface area contributed by atoms with Crippen LogP contribution in [-0.4, -0.2) is 6.03 Å². The van der Waals surface area contributed by atoms with Crippen LogP contribution in [0, 0.1) is 5.82 Å². The Morgan fingerprint density at radius 1 is 1.00 bits per heavy atom. The van der Waals surface area contributed by atoms with Crippen molar-refractivity contribution in [3.05, 3.63) is 82.8 Å². The fourth-order valence-corrected chi connectivity index (χ4v) is 2.86. The van der Waals surface area contributed by atoms with Gasteiger partial charge in [0.1, 0.15) is 5.82 Å². The van der Waals surface area contributed by atoms with E-state index >= 15 is 0 Å². The zero-order valence-corrected chi connectivity index (χ0v) is 13.1. The van der Waals surface area contributed by atoms with Gasteiger partial charge >= 0.3 is 6.03 Å². The molecular weight excluding hydrogens is 311 g/mol. The van der Waals surface area contributed by atoms with Crippen LogP contribution in [0.2, 0.25) is 0 Å². The summed E-state index contributed by atoms with van der Waals surface area (Å²) in [6.07, 6.45) is 0. The maximum atomic E-state index is 13.2. The predicted octanol–water partition coefficient (Wildman–Crippen LogP) is 5.13. The molecule has 0 fully saturated rings. The average Bonchev–Trinajstić information content (AvgIpc) is 3.08. The first-order valence-electron chi connectivity index (χ1n) is 7.14. The normalized spacial score (nSPS) is 10.3. The van der Waals surface area contributed by atoms with E-state index in [0.717, 1.165) is 10.6 Å². The van der Waals surface area contributed by atoms with Crippen molar-refractivity contribution in [3.63, 3.8) is 0 Å². The molecule has 1 N–H and O–H groups in total. The molecule has 2 aromatic carbocycles. The lowest BCUT2D eigenvalue weighted by molar-refractivity contribution is 0.256. The van der Waals surface area contributed by atoms with Gasteiger partial charge < -0.3 is 5.32 Å². The summed E-state index contributed by atoms with van der Waals surface area (Å²) in [6.45, 7) is 0.433. The first kappa shape index (κ1) is 15.2. The van der Waals surface area contributed by atoms with Crippen LogP contribution in [0.25, 0.3) is 0 Å². The minimum absolute atomic E-state index is 0.254. The molecule has 0 radical (unpaired) electrons. The summed E-state index contributed by atoms with van der Waals surface area (Å²) in [5, 5.41) is 4.83. The van der Waals surface area contributed by atoms with Crippen LogP contribution >= 0.6 is 11.3 Å². The fraction of sp³-hybridized carbons (Fsp3) is 0.0556. The van der Waals surface area contributed by atoms with E-state index in [0.29, 0.717) is 12.2 Å². The van der Waals surface area contributed by atoms with Crippen LogP contribution < -0.4 is 10.2 Å². The van der Waals surface area contributed by atoms with Crippen LogP contribution in [0.1, 0.15) is 4.88 Å². The smallest absolute Gasteiger partial charge is 0.308 e. The highest BCUT2D eigenvalue weighted by Gasteiger charge is 2.17. The molecule has 0 unspecified atom stereocenters. The number of halogens is 1. The van der Waals surface area contributed by atoms with E-state index < -0.39 is 0 Å². The van der Waals surface area contributed by atoms with Crippen molar-refractivity contribution in [3.8, 4) is 0 Å². The number of hydrogen-bond acceptors (Lipinski definition) is 2. The predicted molar refractivity (Wildman–Crippen MR) is 92.4 cm³/mol. The molecule has 0 bridgehead atoms. The molecule has 0 saturated carbocycles. The van der Waals surface area contributed by atoms with Crippen LogP contribution in [0.5, 0.6) is 0 Å². The number of thiophene rings is 1. The third-order valence-corrected chi connectivity index (χ3v) is 4.16. The molecule has 0 atom stereocenters. The number of para-hydroxylation sites is 1. The monoisotopic (exact) mass is 326 g/mol. The molecule has 116 valence electrons. The number of amides is 2. The number of urea groups is 1. The Morgan fingerprint density at radius 3 is 2.39 bits per heavy atom. The van der Waals surface area contributed by atoms with Crippen molar-refractivity contribution >= 4 is 28.7 Å². The minimum atomic E-state index is -0.326. The molecule has 2 amide bonds. The topological polar surface area (TPSA) is 32.3 Å². The van der Waals surface area contributed by atoms with Crippen molar-refractivity contribution < 1.29 is 9.18 Å². The number of anilines is 2. The molecule has 0 aliphatic rings. The highest BCUT2D eigenvalue weighted by molar-refractivity contribution is 7.09. The SMILES string of the molecule is O=C(Nc1ccccc1)N(Cc1cccs1)c1ccc(F)cc1. The quantitative estimate of drug-likeness (QED) is 0.708. The second kappa shape index (κ2) is 7.07. The minimum Gasteiger partial charge on any atom is -0.308 e. The maximum absolute atomic E-state index is 13.2. The van der Waals surface area contributed by atoms with Crippen molar-refractivity contribution in [1.82, 2.24) is 0 Å². The number of carbonyl (C=O) groups excluding carboxylic acids is 1. The van der Waals surface area contributed by atoms with Gasteiger partial charge in [0.05, 0.1) is 6.54 Å². The highest BCUT2D eigenvalue weighted by atomic mass is 32.1. The zero-order chi connectivity index (χ0) is 16.1. The highest BCUT2D eigenvalue weighted by Crippen LogP contribution is 2.21. The Labute approximate surface area is 138 Å². The first-order valence-corrected chi connectivity index (χ1v) is 8.02. The van der Waals surface area contributed by atoms with Crippen molar-refractivity contribution in [1.29, 1.82) is 0 Å². The van der Waals surface area contributed by atoms with Gasteiger partial charge in [0.2, 0.25) is 0 Å². The van der Waals surface area contributed by atoms with Gasteiger partial charge in [-0.3, -0.25) is 4.90 Å². The molecule has 3 rings (SSSR count). The van der Waals surface area contributed by atoms with Gasteiger partial charge in [0, 0.05) is 16.3 Å². The molecule has 3 aromatic rings. The van der Waals surface area contributed by atoms with E-state index in [-0.39, 0.29) is 11.8 Å². The molecule has 5 heteroatoms. The molecule has 0 spiro atoms. The first-order chi connectivity index (χ1) is 11.2. The molecule has 3 nitrogen and oxygen atoms in total. The van der Waals surface area contributed by atoms with Crippen LogP contribution in [-0.2, 0) is 6.54 Å². The Bertz CT molecular complexity index is 757. The zero-order valence-electron chi connectivity index (χ0n) is 12.3. The average molecular weight is 326 g/mol. The van der Waals surface area contributed by atoms with Gasteiger partial charge in [-0.15, -0.1) is 11.3 Å². The van der Waals surface area contributed by atoms with Gasteiger partial charge in [0.25, 0.3) is 0 Å². The van der Waals surface area contributed by atoms with Gasteiger partial charge in [-0.2, -0.15) is 0 Å². The van der Waals surface area contributed by atoms with Crippen LogP contribution in [0.15, 0.2) is 72.1 Å². The van der Waals surface area contributed by atoms with E-state index in [1.807, 2.05) is 47.8 Å². The fourth-order valence-electron chi connectivity index (χ4n) is 2.17. The van der Waals surface area contributed by atoms with Crippen molar-refractivity contribution in [2.45, 2.75) is 6.54 Å². The lowest BCUT2D eigenvalue weighted by Gasteiger charge is -2.22. The Hall–Kier alpha value is -2.66. The molecule has 0 aliphatic carbocycles. The second-order valence-corrected chi connectivity index (χ2v) is 5.97. The van der Waals surface area contributed by atoms with Gasteiger partial charge in [-0.05, 0) is 47.8 Å². The summed E-state index contributed by atoms with van der Waals surface area (Å²) in [5.41, 5.74) is 1.36. The van der Waals surface area contributed by atoms with E-state index in [9.17, 15) is 9.18 Å². The van der Waals surface area contributed by atoms with Gasteiger partial charge in [-0.1, -0.05) is 24.3 Å². The molecule has 1 heterocycles. The van der Waals surface area contributed by atoms with E-state index in [1.54, 1.807) is 28.4 Å². The lowest BCUT2D eigenvalue weighted by Crippen LogP contribution is -2.34. The van der Waals surface area contributed by atoms with Crippen LogP contribution in [0.3, 0.4) is 0 Å². The third-order valence-electron chi connectivity index (χ3n) is 3.30. The summed E-state index contributed by atoms with van der Waals surface area (Å²) in [4.78, 5) is 15.3. The lowest BCUT2D eigenvalue weighted by atomic mass is 10.2. The summed E-state index contributed by atoms with van der Waals surface area (Å²) in [5.74, 6) is -0.326. The maximum Gasteiger partial charge on any atom is 0.326 e. The Kier molecular flexibility index (Phi) is 4.68. The van der Waals surface area contributed by atoms with E-state index in [1.165, 1.54) is 12.1 Å². The molecule has 23 heavy (non-hydrogen) atoms. The third kappa shape index (κ3) is 3.96. The van der Waals surface area contributed by atoms with Crippen LogP contribution in [0.4, 0.5) is 20.6 Å². The van der Waals surface area contributed by atoms with E-state index in [2.05, 4.69) is 5.32 Å². The summed E-state index contributed by atoms with van der Waals surface area (Å²) >= 11 is 1.58. The Balaban J connectivity index is 1.84. The second-order valence-electron chi connectivity index (χ2n) is 4.94. The number of carbonyl (C=O) groups is 1. The van der Waals surface area contributed by atoms with Gasteiger partial charge in [0.15, 0.2) is 0 Å². The van der Waals surface area contributed by atoms with E-state index in [4.69, 9.17) is 0 Å².